The molecule has 2 N–H and O–H groups in total. The first kappa shape index (κ1) is 12.8. The first-order valence-corrected chi connectivity index (χ1v) is 5.24. The van der Waals surface area contributed by atoms with Crippen LogP contribution in [0, 0.1) is 10.1 Å². The molecule has 0 amide bonds. The molecule has 1 aromatic carbocycles. The molecule has 1 aromatic heterocycles. The highest BCUT2D eigenvalue weighted by molar-refractivity contribution is 6.30. The Labute approximate surface area is 110 Å². The maximum atomic E-state index is 10.9. The molecular formula is C10H6ClN3O5. The zero-order valence-electron chi connectivity index (χ0n) is 9.15. The Balaban J connectivity index is 2.62. The molecular weight excluding hydrogens is 278 g/mol. The average Bonchev–Trinajstić information content (AvgIpc) is 2.71. The van der Waals surface area contributed by atoms with E-state index < -0.39 is 22.3 Å². The Morgan fingerprint density at radius 1 is 1.47 bits per heavy atom. The van der Waals surface area contributed by atoms with E-state index in [0.29, 0.717) is 0 Å². The third-order valence-corrected chi connectivity index (χ3v) is 2.51. The smallest absolute Gasteiger partial charge is 0.360 e. The molecule has 0 saturated heterocycles. The molecule has 0 aliphatic rings. The van der Waals surface area contributed by atoms with Crippen LogP contribution in [0.25, 0.3) is 5.69 Å². The number of aromatic carboxylic acids is 1. The van der Waals surface area contributed by atoms with Gasteiger partial charge in [0.05, 0.1) is 11.1 Å². The fraction of sp³-hybridized carbons (Fsp3) is 0. The highest BCUT2D eigenvalue weighted by Gasteiger charge is 2.21. The first-order valence-electron chi connectivity index (χ1n) is 4.86. The normalized spacial score (nSPS) is 10.4. The largest absolute Gasteiger partial charge is 0.504 e. The van der Waals surface area contributed by atoms with E-state index in [4.69, 9.17) is 16.7 Å². The van der Waals surface area contributed by atoms with Gasteiger partial charge in [0, 0.05) is 11.1 Å². The molecule has 0 atom stereocenters. The van der Waals surface area contributed by atoms with Crippen LogP contribution in [-0.2, 0) is 0 Å². The van der Waals surface area contributed by atoms with E-state index in [1.807, 2.05) is 0 Å². The van der Waals surface area contributed by atoms with Crippen molar-refractivity contribution < 1.29 is 19.9 Å². The second kappa shape index (κ2) is 4.58. The predicted octanol–water partition coefficient (Wildman–Crippen LogP) is 1.84. The standard InChI is InChI=1S/C10H6ClN3O5/c11-5-1-2-6(7(3-5)14(18)19)13-4-8(15)9(12-13)10(16)17/h1-4,15H,(H,16,17). The number of hydrogen-bond acceptors (Lipinski definition) is 5. The van der Waals surface area contributed by atoms with E-state index in [1.54, 1.807) is 0 Å². The predicted molar refractivity (Wildman–Crippen MR) is 63.9 cm³/mol. The van der Waals surface area contributed by atoms with Crippen molar-refractivity contribution in [2.24, 2.45) is 0 Å². The van der Waals surface area contributed by atoms with Gasteiger partial charge >= 0.3 is 5.97 Å². The Morgan fingerprint density at radius 3 is 2.68 bits per heavy atom. The molecule has 8 nitrogen and oxygen atoms in total. The van der Waals surface area contributed by atoms with Crippen LogP contribution in [0.15, 0.2) is 24.4 Å². The van der Waals surface area contributed by atoms with E-state index in [1.165, 1.54) is 12.1 Å². The monoisotopic (exact) mass is 283 g/mol. The maximum absolute atomic E-state index is 10.9. The van der Waals surface area contributed by atoms with Gasteiger partial charge in [-0.3, -0.25) is 10.1 Å². The van der Waals surface area contributed by atoms with E-state index >= 15 is 0 Å². The molecule has 19 heavy (non-hydrogen) atoms. The van der Waals surface area contributed by atoms with Gasteiger partial charge < -0.3 is 10.2 Å². The molecule has 2 aromatic rings. The summed E-state index contributed by atoms with van der Waals surface area (Å²) in [5.41, 5.74) is -0.951. The highest BCUT2D eigenvalue weighted by Crippen LogP contribution is 2.28. The number of aromatic hydroxyl groups is 1. The molecule has 0 saturated carbocycles. The molecule has 0 spiro atoms. The molecule has 2 rings (SSSR count). The average molecular weight is 284 g/mol. The first-order chi connectivity index (χ1) is 8.90. The second-order valence-corrected chi connectivity index (χ2v) is 3.94. The van der Waals surface area contributed by atoms with Crippen molar-refractivity contribution >= 4 is 23.3 Å². The summed E-state index contributed by atoms with van der Waals surface area (Å²) in [7, 11) is 0. The lowest BCUT2D eigenvalue weighted by Crippen LogP contribution is -2.03. The third-order valence-electron chi connectivity index (χ3n) is 2.28. The molecule has 0 bridgehead atoms. The van der Waals surface area contributed by atoms with Gasteiger partial charge in [-0.25, -0.2) is 9.48 Å². The summed E-state index contributed by atoms with van der Waals surface area (Å²) in [6.07, 6.45) is 0.972. The van der Waals surface area contributed by atoms with E-state index in [9.17, 15) is 20.0 Å². The number of nitro groups is 1. The van der Waals surface area contributed by atoms with Crippen LogP contribution in [0.4, 0.5) is 5.69 Å². The summed E-state index contributed by atoms with van der Waals surface area (Å²) in [6.45, 7) is 0. The number of aromatic nitrogens is 2. The van der Waals surface area contributed by atoms with Crippen molar-refractivity contribution in [3.63, 3.8) is 0 Å². The SMILES string of the molecule is O=C(O)c1nn(-c2ccc(Cl)cc2[N+](=O)[O-])cc1O. The van der Waals surface area contributed by atoms with Crippen molar-refractivity contribution in [2.45, 2.75) is 0 Å². The zero-order chi connectivity index (χ0) is 14.2. The second-order valence-electron chi connectivity index (χ2n) is 3.50. The van der Waals surface area contributed by atoms with Crippen molar-refractivity contribution in [2.75, 3.05) is 0 Å². The lowest BCUT2D eigenvalue weighted by molar-refractivity contribution is -0.384. The van der Waals surface area contributed by atoms with Crippen LogP contribution in [-0.4, -0.2) is 30.9 Å². The summed E-state index contributed by atoms with van der Waals surface area (Å²) in [5, 5.41) is 32.8. The number of carbonyl (C=O) groups is 1. The summed E-state index contributed by atoms with van der Waals surface area (Å²) >= 11 is 5.66. The van der Waals surface area contributed by atoms with Gasteiger partial charge in [-0.2, -0.15) is 5.10 Å². The number of halogens is 1. The van der Waals surface area contributed by atoms with E-state index in [-0.39, 0.29) is 16.4 Å². The Bertz CT molecular complexity index is 682. The number of hydrogen-bond donors (Lipinski definition) is 2. The number of nitrogens with zero attached hydrogens (tertiary/aromatic N) is 3. The van der Waals surface area contributed by atoms with Crippen LogP contribution in [0.5, 0.6) is 5.75 Å². The van der Waals surface area contributed by atoms with Gasteiger partial charge in [0.15, 0.2) is 5.75 Å². The zero-order valence-corrected chi connectivity index (χ0v) is 9.90. The van der Waals surface area contributed by atoms with Gasteiger partial charge in [-0.05, 0) is 12.1 Å². The van der Waals surface area contributed by atoms with Crippen molar-refractivity contribution in [1.82, 2.24) is 9.78 Å². The molecule has 0 unspecified atom stereocenters. The van der Waals surface area contributed by atoms with Gasteiger partial charge in [0.25, 0.3) is 5.69 Å². The van der Waals surface area contributed by atoms with Crippen LogP contribution < -0.4 is 0 Å². The Kier molecular flexibility index (Phi) is 3.09. The van der Waals surface area contributed by atoms with Crippen molar-refractivity contribution in [3.05, 3.63) is 45.2 Å². The quantitative estimate of drug-likeness (QED) is 0.655. The molecule has 0 fully saturated rings. The summed E-state index contributed by atoms with van der Waals surface area (Å²) in [6, 6.07) is 3.80. The molecule has 9 heteroatoms. The van der Waals surface area contributed by atoms with E-state index in [0.717, 1.165) is 16.9 Å². The molecule has 0 aliphatic heterocycles. The fourth-order valence-corrected chi connectivity index (χ4v) is 1.64. The Morgan fingerprint density at radius 2 is 2.16 bits per heavy atom. The minimum Gasteiger partial charge on any atom is -0.504 e. The fourth-order valence-electron chi connectivity index (χ4n) is 1.48. The minimum atomic E-state index is -1.44. The molecule has 0 aliphatic carbocycles. The van der Waals surface area contributed by atoms with Gasteiger partial charge in [0.2, 0.25) is 5.69 Å². The van der Waals surface area contributed by atoms with E-state index in [2.05, 4.69) is 5.10 Å². The van der Waals surface area contributed by atoms with Gasteiger partial charge in [-0.1, -0.05) is 11.6 Å². The van der Waals surface area contributed by atoms with Gasteiger partial charge in [-0.15, -0.1) is 0 Å². The van der Waals surface area contributed by atoms with Crippen LogP contribution in [0.1, 0.15) is 10.5 Å². The van der Waals surface area contributed by atoms with Crippen LogP contribution in [0.2, 0.25) is 5.02 Å². The Hall–Kier alpha value is -2.61. The summed E-state index contributed by atoms with van der Waals surface area (Å²) in [4.78, 5) is 21.0. The molecule has 0 radical (unpaired) electrons. The number of benzene rings is 1. The van der Waals surface area contributed by atoms with Crippen molar-refractivity contribution in [1.29, 1.82) is 0 Å². The van der Waals surface area contributed by atoms with Crippen molar-refractivity contribution in [3.8, 4) is 11.4 Å². The van der Waals surface area contributed by atoms with Crippen LogP contribution in [0.3, 0.4) is 0 Å². The molecule has 1 heterocycles. The lowest BCUT2D eigenvalue weighted by Gasteiger charge is -2.02. The summed E-state index contributed by atoms with van der Waals surface area (Å²) < 4.78 is 0.910. The number of carboxylic acids is 1. The maximum Gasteiger partial charge on any atom is 0.360 e. The number of carboxylic acid groups (broad SMARTS) is 1. The highest BCUT2D eigenvalue weighted by atomic mass is 35.5. The lowest BCUT2D eigenvalue weighted by atomic mass is 10.2. The number of rotatable bonds is 3. The topological polar surface area (TPSA) is 118 Å². The number of nitro benzene ring substituents is 1. The summed E-state index contributed by atoms with van der Waals surface area (Å²) in [5.74, 6) is -2.02. The van der Waals surface area contributed by atoms with Gasteiger partial charge in [0.1, 0.15) is 5.69 Å². The minimum absolute atomic E-state index is 0.00259. The molecule has 98 valence electrons. The third kappa shape index (κ3) is 2.33. The van der Waals surface area contributed by atoms with Crippen LogP contribution >= 0.6 is 11.6 Å².